The van der Waals surface area contributed by atoms with Crippen molar-refractivity contribution in [3.8, 4) is 0 Å². The molecule has 0 saturated carbocycles. The molecule has 7 nitrogen and oxygen atoms in total. The Morgan fingerprint density at radius 2 is 2.24 bits per heavy atom. The molecule has 0 bridgehead atoms. The van der Waals surface area contributed by atoms with E-state index in [1.165, 1.54) is 6.92 Å². The molecule has 0 aromatic rings. The smallest absolute Gasteiger partial charge is 0.302 e. The molecule has 0 amide bonds. The van der Waals surface area contributed by atoms with Gasteiger partial charge in [0.25, 0.3) is 5.90 Å². The lowest BCUT2D eigenvalue weighted by Crippen LogP contribution is -2.33. The van der Waals surface area contributed by atoms with Crippen molar-refractivity contribution in [3.63, 3.8) is 0 Å². The van der Waals surface area contributed by atoms with Gasteiger partial charge in [-0.25, -0.2) is 0 Å². The molecule has 96 valence electrons. The van der Waals surface area contributed by atoms with Crippen molar-refractivity contribution < 1.29 is 28.9 Å². The van der Waals surface area contributed by atoms with Gasteiger partial charge in [0.1, 0.15) is 12.7 Å². The van der Waals surface area contributed by atoms with Gasteiger partial charge >= 0.3 is 5.97 Å². The third-order valence-electron chi connectivity index (χ3n) is 2.56. The normalized spacial score (nSPS) is 36.6. The van der Waals surface area contributed by atoms with Gasteiger partial charge in [0.15, 0.2) is 18.0 Å². The first-order valence-corrected chi connectivity index (χ1v) is 5.30. The summed E-state index contributed by atoms with van der Waals surface area (Å²) in [5.74, 6) is -1.13. The molecule has 0 aromatic carbocycles. The number of carbonyl (C=O) groups is 1. The van der Waals surface area contributed by atoms with E-state index in [1.807, 2.05) is 0 Å². The van der Waals surface area contributed by atoms with Crippen LogP contribution in [0.5, 0.6) is 0 Å². The number of ether oxygens (including phenoxy) is 4. The summed E-state index contributed by atoms with van der Waals surface area (Å²) in [7, 11) is 0. The van der Waals surface area contributed by atoms with Crippen LogP contribution < -0.4 is 0 Å². The highest BCUT2D eigenvalue weighted by molar-refractivity contribution is 5.83. The zero-order chi connectivity index (χ0) is 12.6. The molecule has 0 radical (unpaired) electrons. The predicted molar refractivity (Wildman–Crippen MR) is 54.6 cm³/mol. The van der Waals surface area contributed by atoms with Gasteiger partial charge in [0, 0.05) is 6.92 Å². The lowest BCUT2D eigenvalue weighted by molar-refractivity contribution is -0.165. The van der Waals surface area contributed by atoms with Gasteiger partial charge in [0.05, 0.1) is 0 Å². The zero-order valence-electron chi connectivity index (χ0n) is 9.87. The molecule has 2 heterocycles. The van der Waals surface area contributed by atoms with Crippen LogP contribution in [0.3, 0.4) is 0 Å². The molecule has 2 aliphatic rings. The summed E-state index contributed by atoms with van der Waals surface area (Å²) < 4.78 is 21.3. The van der Waals surface area contributed by atoms with E-state index in [2.05, 4.69) is 5.16 Å². The number of hydrogen-bond acceptors (Lipinski definition) is 7. The number of hydrogen-bond donors (Lipinski definition) is 1. The monoisotopic (exact) mass is 245 g/mol. The summed E-state index contributed by atoms with van der Waals surface area (Å²) in [6.07, 6.45) is -1.51. The number of rotatable bonds is 2. The third kappa shape index (κ3) is 2.34. The second kappa shape index (κ2) is 4.15. The van der Waals surface area contributed by atoms with Crippen molar-refractivity contribution in [2.24, 2.45) is 5.16 Å². The Morgan fingerprint density at radius 3 is 2.82 bits per heavy atom. The van der Waals surface area contributed by atoms with Gasteiger partial charge in [-0.05, 0) is 13.8 Å². The van der Waals surface area contributed by atoms with Crippen LogP contribution in [-0.2, 0) is 23.7 Å². The summed E-state index contributed by atoms with van der Waals surface area (Å²) in [6.45, 7) is 4.85. The van der Waals surface area contributed by atoms with E-state index in [9.17, 15) is 4.79 Å². The van der Waals surface area contributed by atoms with Gasteiger partial charge in [-0.3, -0.25) is 4.79 Å². The van der Waals surface area contributed by atoms with Crippen LogP contribution in [0.1, 0.15) is 20.8 Å². The van der Waals surface area contributed by atoms with Crippen molar-refractivity contribution in [1.29, 1.82) is 0 Å². The number of oxime groups is 1. The van der Waals surface area contributed by atoms with Gasteiger partial charge in [-0.2, -0.15) is 0 Å². The molecule has 2 fully saturated rings. The summed E-state index contributed by atoms with van der Waals surface area (Å²) in [6, 6.07) is 0. The maximum absolute atomic E-state index is 10.7. The molecule has 1 N–H and O–H groups in total. The van der Waals surface area contributed by atoms with Crippen LogP contribution in [0.2, 0.25) is 0 Å². The predicted octanol–water partition coefficient (Wildman–Crippen LogP) is 0.256. The Hall–Kier alpha value is -1.34. The van der Waals surface area contributed by atoms with Crippen molar-refractivity contribution in [2.75, 3.05) is 6.61 Å². The summed E-state index contributed by atoms with van der Waals surface area (Å²) >= 11 is 0. The fourth-order valence-electron chi connectivity index (χ4n) is 1.95. The standard InChI is InChI=1S/C10H15NO6/c1-5(12)14-4-6-7-8(9(11-13)15-6)17-10(2,3)16-7/h6-8,13H,4H2,1-3H3/b11-9-/t6-,7-,8-/m1/s1. The summed E-state index contributed by atoms with van der Waals surface area (Å²) in [5, 5.41) is 11.8. The number of esters is 1. The second-order valence-corrected chi connectivity index (χ2v) is 4.42. The molecule has 2 rings (SSSR count). The average molecular weight is 245 g/mol. The van der Waals surface area contributed by atoms with Crippen LogP contribution in [0.25, 0.3) is 0 Å². The van der Waals surface area contributed by atoms with Gasteiger partial charge in [-0.1, -0.05) is 5.16 Å². The summed E-state index contributed by atoms with van der Waals surface area (Å²) in [5.41, 5.74) is 0. The molecular weight excluding hydrogens is 230 g/mol. The van der Waals surface area contributed by atoms with Gasteiger partial charge < -0.3 is 24.2 Å². The highest BCUT2D eigenvalue weighted by Crippen LogP contribution is 2.36. The Labute approximate surface area is 98.3 Å². The van der Waals surface area contributed by atoms with Crippen LogP contribution in [-0.4, -0.2) is 47.8 Å². The molecule has 2 aliphatic heterocycles. The molecule has 0 spiro atoms. The lowest BCUT2D eigenvalue weighted by atomic mass is 10.1. The van der Waals surface area contributed by atoms with E-state index in [0.29, 0.717) is 0 Å². The fraction of sp³-hybridized carbons (Fsp3) is 0.800. The highest BCUT2D eigenvalue weighted by Gasteiger charge is 2.55. The Morgan fingerprint density at radius 1 is 1.53 bits per heavy atom. The van der Waals surface area contributed by atoms with Gasteiger partial charge in [0.2, 0.25) is 0 Å². The minimum absolute atomic E-state index is 0.0367. The average Bonchev–Trinajstić information content (AvgIpc) is 2.68. The van der Waals surface area contributed by atoms with Crippen LogP contribution in [0.4, 0.5) is 0 Å². The topological polar surface area (TPSA) is 86.6 Å². The quantitative estimate of drug-likeness (QED) is 0.426. The highest BCUT2D eigenvalue weighted by atomic mass is 16.8. The number of fused-ring (bicyclic) bond motifs is 1. The van der Waals surface area contributed by atoms with Crippen LogP contribution in [0.15, 0.2) is 5.16 Å². The first-order chi connectivity index (χ1) is 7.93. The maximum Gasteiger partial charge on any atom is 0.302 e. The van der Waals surface area contributed by atoms with E-state index in [1.54, 1.807) is 13.8 Å². The van der Waals surface area contributed by atoms with E-state index in [-0.39, 0.29) is 12.5 Å². The molecule has 7 heteroatoms. The van der Waals surface area contributed by atoms with Crippen molar-refractivity contribution in [1.82, 2.24) is 0 Å². The minimum atomic E-state index is -0.774. The van der Waals surface area contributed by atoms with E-state index < -0.39 is 30.1 Å². The zero-order valence-corrected chi connectivity index (χ0v) is 9.87. The number of nitrogens with zero attached hydrogens (tertiary/aromatic N) is 1. The third-order valence-corrected chi connectivity index (χ3v) is 2.56. The maximum atomic E-state index is 10.7. The van der Waals surface area contributed by atoms with Crippen molar-refractivity contribution in [2.45, 2.75) is 44.9 Å². The largest absolute Gasteiger partial charge is 0.467 e. The Kier molecular flexibility index (Phi) is 2.96. The lowest BCUT2D eigenvalue weighted by Gasteiger charge is -2.21. The fourth-order valence-corrected chi connectivity index (χ4v) is 1.95. The minimum Gasteiger partial charge on any atom is -0.467 e. The molecule has 0 aliphatic carbocycles. The van der Waals surface area contributed by atoms with E-state index >= 15 is 0 Å². The van der Waals surface area contributed by atoms with Gasteiger partial charge in [-0.15, -0.1) is 0 Å². The molecule has 2 saturated heterocycles. The van der Waals surface area contributed by atoms with Crippen LogP contribution in [0, 0.1) is 0 Å². The van der Waals surface area contributed by atoms with Crippen molar-refractivity contribution >= 4 is 11.9 Å². The SMILES string of the molecule is CC(=O)OC[C@H]1O/C(=N\O)[C@@H]2OC(C)(C)O[C@H]12. The molecule has 0 aromatic heterocycles. The number of carbonyl (C=O) groups excluding carboxylic acids is 1. The Balaban J connectivity index is 2.07. The van der Waals surface area contributed by atoms with E-state index in [0.717, 1.165) is 0 Å². The first-order valence-electron chi connectivity index (χ1n) is 5.30. The second-order valence-electron chi connectivity index (χ2n) is 4.42. The van der Waals surface area contributed by atoms with Crippen LogP contribution >= 0.6 is 0 Å². The molecule has 17 heavy (non-hydrogen) atoms. The molecule has 3 atom stereocenters. The Bertz CT molecular complexity index is 353. The summed E-state index contributed by atoms with van der Waals surface area (Å²) in [4.78, 5) is 10.7. The van der Waals surface area contributed by atoms with E-state index in [4.69, 9.17) is 24.2 Å². The molecular formula is C10H15NO6. The first kappa shape index (κ1) is 12.1. The molecule has 0 unspecified atom stereocenters. The van der Waals surface area contributed by atoms with Crippen molar-refractivity contribution in [3.05, 3.63) is 0 Å².